The quantitative estimate of drug-likeness (QED) is 0.392. The third-order valence-corrected chi connectivity index (χ3v) is 5.87. The van der Waals surface area contributed by atoms with Crippen LogP contribution in [0.3, 0.4) is 0 Å². The van der Waals surface area contributed by atoms with Gasteiger partial charge in [-0.05, 0) is 66.6 Å². The molecule has 0 spiro atoms. The molecule has 0 fully saturated rings. The lowest BCUT2D eigenvalue weighted by Crippen LogP contribution is -2.20. The minimum absolute atomic E-state index is 0.195. The molecule has 3 heterocycles. The van der Waals surface area contributed by atoms with Gasteiger partial charge in [-0.3, -0.25) is 14.2 Å². The van der Waals surface area contributed by atoms with Crippen LogP contribution >= 0.6 is 0 Å². The zero-order chi connectivity index (χ0) is 25.4. The lowest BCUT2D eigenvalue weighted by atomic mass is 10.00. The molecule has 10 heteroatoms. The second-order valence-electron chi connectivity index (χ2n) is 8.25. The van der Waals surface area contributed by atoms with Crippen LogP contribution in [-0.4, -0.2) is 37.3 Å². The van der Waals surface area contributed by atoms with Crippen molar-refractivity contribution in [2.45, 2.75) is 6.92 Å². The van der Waals surface area contributed by atoms with Crippen LogP contribution in [0.4, 0.5) is 16.0 Å². The summed E-state index contributed by atoms with van der Waals surface area (Å²) in [6, 6.07) is 14.5. The molecule has 5 rings (SSSR count). The Labute approximate surface area is 205 Å². The van der Waals surface area contributed by atoms with Gasteiger partial charge < -0.3 is 10.6 Å². The molecule has 36 heavy (non-hydrogen) atoms. The third-order valence-electron chi connectivity index (χ3n) is 5.87. The summed E-state index contributed by atoms with van der Waals surface area (Å²) in [5.74, 6) is -0.339. The van der Waals surface area contributed by atoms with Crippen molar-refractivity contribution >= 4 is 28.6 Å². The van der Waals surface area contributed by atoms with E-state index in [4.69, 9.17) is 0 Å². The normalized spacial score (nSPS) is 11.0. The summed E-state index contributed by atoms with van der Waals surface area (Å²) in [6.07, 6.45) is 3.29. The molecule has 1 amide bonds. The molecule has 3 aromatic heterocycles. The molecular formula is C26H22FN7O2. The molecular weight excluding hydrogens is 461 g/mol. The van der Waals surface area contributed by atoms with E-state index in [0.29, 0.717) is 39.5 Å². The molecule has 0 saturated heterocycles. The molecule has 0 unspecified atom stereocenters. The predicted molar refractivity (Wildman–Crippen MR) is 136 cm³/mol. The third kappa shape index (κ3) is 4.20. The molecule has 2 N–H and O–H groups in total. The fraction of sp³-hybridized carbons (Fsp3) is 0.115. The standard InChI is InChI=1S/C26H22FN7O2/c1-15-4-7-18(30-24(35)22-10-11-34(32-22)19-8-5-17(27)6-9-19)13-20(15)21-12-16-14-29-26(28-2)31-23(16)33(3)25(21)36/h4-14H,1-3H3,(H,30,35)(H,28,29,31). The van der Waals surface area contributed by atoms with Gasteiger partial charge in [0.2, 0.25) is 5.95 Å². The van der Waals surface area contributed by atoms with Gasteiger partial charge in [-0.1, -0.05) is 6.07 Å². The van der Waals surface area contributed by atoms with Crippen molar-refractivity contribution in [2.24, 2.45) is 7.05 Å². The number of carbonyl (C=O) groups is 1. The summed E-state index contributed by atoms with van der Waals surface area (Å²) in [4.78, 5) is 34.7. The summed E-state index contributed by atoms with van der Waals surface area (Å²) >= 11 is 0. The van der Waals surface area contributed by atoms with Crippen LogP contribution in [0.5, 0.6) is 0 Å². The minimum Gasteiger partial charge on any atom is -0.357 e. The lowest BCUT2D eigenvalue weighted by molar-refractivity contribution is 0.102. The molecule has 180 valence electrons. The Morgan fingerprint density at radius 2 is 1.81 bits per heavy atom. The Balaban J connectivity index is 1.46. The second-order valence-corrected chi connectivity index (χ2v) is 8.25. The van der Waals surface area contributed by atoms with Crippen molar-refractivity contribution in [3.8, 4) is 16.8 Å². The fourth-order valence-electron chi connectivity index (χ4n) is 3.93. The van der Waals surface area contributed by atoms with Gasteiger partial charge in [0.05, 0.1) is 5.69 Å². The van der Waals surface area contributed by atoms with Crippen molar-refractivity contribution in [1.82, 2.24) is 24.3 Å². The summed E-state index contributed by atoms with van der Waals surface area (Å²) in [5.41, 5.74) is 3.67. The molecule has 0 saturated carbocycles. The highest BCUT2D eigenvalue weighted by atomic mass is 19.1. The van der Waals surface area contributed by atoms with Crippen LogP contribution < -0.4 is 16.2 Å². The zero-order valence-corrected chi connectivity index (χ0v) is 19.8. The van der Waals surface area contributed by atoms with E-state index in [1.165, 1.54) is 21.4 Å². The van der Waals surface area contributed by atoms with E-state index in [0.717, 1.165) is 5.56 Å². The fourth-order valence-corrected chi connectivity index (χ4v) is 3.93. The van der Waals surface area contributed by atoms with E-state index in [-0.39, 0.29) is 17.1 Å². The van der Waals surface area contributed by atoms with Crippen LogP contribution in [0, 0.1) is 12.7 Å². The first-order valence-electron chi connectivity index (χ1n) is 11.1. The molecule has 2 aromatic carbocycles. The number of nitrogens with one attached hydrogen (secondary N) is 2. The second kappa shape index (κ2) is 9.06. The van der Waals surface area contributed by atoms with Crippen molar-refractivity contribution < 1.29 is 9.18 Å². The highest BCUT2D eigenvalue weighted by molar-refractivity contribution is 6.03. The topological polar surface area (TPSA) is 107 Å². The van der Waals surface area contributed by atoms with Crippen LogP contribution in [0.25, 0.3) is 27.8 Å². The number of fused-ring (bicyclic) bond motifs is 1. The number of halogens is 1. The van der Waals surface area contributed by atoms with Gasteiger partial charge in [-0.15, -0.1) is 0 Å². The zero-order valence-electron chi connectivity index (χ0n) is 19.8. The SMILES string of the molecule is CNc1ncc2cc(-c3cc(NC(=O)c4ccn(-c5ccc(F)cc5)n4)ccc3C)c(=O)n(C)c2n1. The Kier molecular flexibility index (Phi) is 5.77. The van der Waals surface area contributed by atoms with Crippen LogP contribution in [0.15, 0.2) is 71.8 Å². The van der Waals surface area contributed by atoms with Gasteiger partial charge in [0, 0.05) is 43.1 Å². The number of aryl methyl sites for hydroxylation is 2. The first kappa shape index (κ1) is 22.9. The van der Waals surface area contributed by atoms with Gasteiger partial charge in [0.1, 0.15) is 11.5 Å². The number of rotatable bonds is 5. The highest BCUT2D eigenvalue weighted by Crippen LogP contribution is 2.27. The maximum Gasteiger partial charge on any atom is 0.276 e. The van der Waals surface area contributed by atoms with Crippen LogP contribution in [-0.2, 0) is 7.05 Å². The molecule has 0 bridgehead atoms. The van der Waals surface area contributed by atoms with Gasteiger partial charge in [0.25, 0.3) is 11.5 Å². The van der Waals surface area contributed by atoms with E-state index in [9.17, 15) is 14.0 Å². The van der Waals surface area contributed by atoms with Gasteiger partial charge in [0.15, 0.2) is 5.69 Å². The molecule has 5 aromatic rings. The van der Waals surface area contributed by atoms with E-state index in [1.54, 1.807) is 62.9 Å². The van der Waals surface area contributed by atoms with E-state index in [1.807, 2.05) is 13.0 Å². The van der Waals surface area contributed by atoms with Crippen molar-refractivity contribution in [3.05, 3.63) is 94.4 Å². The predicted octanol–water partition coefficient (Wildman–Crippen LogP) is 3.92. The van der Waals surface area contributed by atoms with Gasteiger partial charge in [-0.2, -0.15) is 10.1 Å². The summed E-state index contributed by atoms with van der Waals surface area (Å²) < 4.78 is 16.2. The lowest BCUT2D eigenvalue weighted by Gasteiger charge is -2.12. The van der Waals surface area contributed by atoms with Crippen LogP contribution in [0.1, 0.15) is 16.1 Å². The van der Waals surface area contributed by atoms with Crippen LogP contribution in [0.2, 0.25) is 0 Å². The van der Waals surface area contributed by atoms with Crippen molar-refractivity contribution in [2.75, 3.05) is 17.7 Å². The number of hydrogen-bond donors (Lipinski definition) is 2. The Bertz CT molecular complexity index is 1670. The monoisotopic (exact) mass is 483 g/mol. The molecule has 0 radical (unpaired) electrons. The number of aromatic nitrogens is 5. The molecule has 9 nitrogen and oxygen atoms in total. The smallest absolute Gasteiger partial charge is 0.276 e. The number of hydrogen-bond acceptors (Lipinski definition) is 6. The first-order valence-corrected chi connectivity index (χ1v) is 11.1. The molecule has 0 aliphatic rings. The average molecular weight is 484 g/mol. The molecule has 0 atom stereocenters. The average Bonchev–Trinajstić information content (AvgIpc) is 3.38. The first-order chi connectivity index (χ1) is 17.3. The maximum absolute atomic E-state index is 13.2. The summed E-state index contributed by atoms with van der Waals surface area (Å²) in [6.45, 7) is 1.90. The van der Waals surface area contributed by atoms with E-state index in [2.05, 4.69) is 25.7 Å². The Morgan fingerprint density at radius 3 is 2.56 bits per heavy atom. The highest BCUT2D eigenvalue weighted by Gasteiger charge is 2.15. The summed E-state index contributed by atoms with van der Waals surface area (Å²) in [5, 5.41) is 10.7. The maximum atomic E-state index is 13.2. The van der Waals surface area contributed by atoms with Crippen molar-refractivity contribution in [1.29, 1.82) is 0 Å². The number of pyridine rings is 1. The molecule has 0 aliphatic heterocycles. The number of amides is 1. The van der Waals surface area contributed by atoms with Gasteiger partial charge >= 0.3 is 0 Å². The van der Waals surface area contributed by atoms with Gasteiger partial charge in [-0.25, -0.2) is 14.1 Å². The Morgan fingerprint density at radius 1 is 1.03 bits per heavy atom. The number of nitrogens with zero attached hydrogens (tertiary/aromatic N) is 5. The molecule has 0 aliphatic carbocycles. The Hall–Kier alpha value is -4.86. The van der Waals surface area contributed by atoms with Crippen molar-refractivity contribution in [3.63, 3.8) is 0 Å². The minimum atomic E-state index is -0.412. The number of benzene rings is 2. The number of carbonyl (C=O) groups excluding carboxylic acids is 1. The van der Waals surface area contributed by atoms with E-state index >= 15 is 0 Å². The largest absolute Gasteiger partial charge is 0.357 e. The van der Waals surface area contributed by atoms with E-state index < -0.39 is 5.91 Å². The summed E-state index contributed by atoms with van der Waals surface area (Å²) in [7, 11) is 3.38. The number of anilines is 2.